The van der Waals surface area contributed by atoms with Crippen LogP contribution >= 0.6 is 15.9 Å². The second-order valence-electron chi connectivity index (χ2n) is 4.05. The van der Waals surface area contributed by atoms with E-state index < -0.39 is 0 Å². The second-order valence-corrected chi connectivity index (χ2v) is 4.97. The summed E-state index contributed by atoms with van der Waals surface area (Å²) >= 11 is 3.39. The minimum atomic E-state index is -0.0420. The van der Waals surface area contributed by atoms with Crippen LogP contribution in [0.3, 0.4) is 0 Å². The van der Waals surface area contributed by atoms with Crippen LogP contribution in [0.25, 0.3) is 0 Å². The summed E-state index contributed by atoms with van der Waals surface area (Å²) in [6.07, 6.45) is 3.12. The van der Waals surface area contributed by atoms with E-state index in [1.165, 1.54) is 5.56 Å². The number of urea groups is 1. The van der Waals surface area contributed by atoms with Gasteiger partial charge in [0.1, 0.15) is 0 Å². The molecule has 0 radical (unpaired) electrons. The number of nitrogens with one attached hydrogen (secondary N) is 2. The van der Waals surface area contributed by atoms with Gasteiger partial charge in [-0.25, -0.2) is 4.79 Å². The number of hydrogen-bond donors (Lipinski definition) is 2. The predicted molar refractivity (Wildman–Crippen MR) is 67.4 cm³/mol. The zero-order chi connectivity index (χ0) is 11.4. The summed E-state index contributed by atoms with van der Waals surface area (Å²) in [5, 5.41) is 5.75. The van der Waals surface area contributed by atoms with E-state index in [0.29, 0.717) is 12.6 Å². The van der Waals surface area contributed by atoms with E-state index >= 15 is 0 Å². The molecule has 0 heterocycles. The first-order valence-corrected chi connectivity index (χ1v) is 6.32. The van der Waals surface area contributed by atoms with Crippen molar-refractivity contribution in [3.05, 3.63) is 34.3 Å². The van der Waals surface area contributed by atoms with Gasteiger partial charge in [-0.05, 0) is 37.0 Å². The SMILES string of the molecule is O=C(NCCc1ccc(Br)cc1)NC1CC1. The van der Waals surface area contributed by atoms with E-state index in [0.717, 1.165) is 23.7 Å². The first kappa shape index (κ1) is 11.5. The van der Waals surface area contributed by atoms with Crippen molar-refractivity contribution >= 4 is 22.0 Å². The number of rotatable bonds is 4. The Morgan fingerprint density at radius 2 is 2.00 bits per heavy atom. The highest BCUT2D eigenvalue weighted by molar-refractivity contribution is 9.10. The molecular weight excluding hydrogens is 268 g/mol. The molecular formula is C12H15BrN2O. The van der Waals surface area contributed by atoms with Gasteiger partial charge < -0.3 is 10.6 Å². The fraction of sp³-hybridized carbons (Fsp3) is 0.417. The molecule has 1 aromatic rings. The Bertz CT molecular complexity index is 360. The Labute approximate surface area is 104 Å². The van der Waals surface area contributed by atoms with Gasteiger partial charge in [-0.2, -0.15) is 0 Å². The van der Waals surface area contributed by atoms with Crippen molar-refractivity contribution in [3.63, 3.8) is 0 Å². The van der Waals surface area contributed by atoms with E-state index in [4.69, 9.17) is 0 Å². The molecule has 1 aliphatic rings. The van der Waals surface area contributed by atoms with Crippen LogP contribution in [0.2, 0.25) is 0 Å². The van der Waals surface area contributed by atoms with Gasteiger partial charge in [0.05, 0.1) is 0 Å². The van der Waals surface area contributed by atoms with Crippen molar-refractivity contribution in [2.75, 3.05) is 6.54 Å². The van der Waals surface area contributed by atoms with Crippen LogP contribution in [-0.4, -0.2) is 18.6 Å². The molecule has 1 aliphatic carbocycles. The van der Waals surface area contributed by atoms with E-state index in [1.54, 1.807) is 0 Å². The Morgan fingerprint density at radius 1 is 1.31 bits per heavy atom. The van der Waals surface area contributed by atoms with Gasteiger partial charge in [0, 0.05) is 17.1 Å². The fourth-order valence-corrected chi connectivity index (χ4v) is 1.70. The van der Waals surface area contributed by atoms with Crippen molar-refractivity contribution in [1.29, 1.82) is 0 Å². The zero-order valence-electron chi connectivity index (χ0n) is 9.00. The maximum absolute atomic E-state index is 11.3. The maximum atomic E-state index is 11.3. The highest BCUT2D eigenvalue weighted by atomic mass is 79.9. The third-order valence-corrected chi connectivity index (χ3v) is 3.05. The summed E-state index contributed by atoms with van der Waals surface area (Å²) in [5.74, 6) is 0. The molecule has 1 saturated carbocycles. The van der Waals surface area contributed by atoms with Crippen molar-refractivity contribution < 1.29 is 4.79 Å². The number of hydrogen-bond acceptors (Lipinski definition) is 1. The normalized spacial score (nSPS) is 14.6. The van der Waals surface area contributed by atoms with Crippen LogP contribution < -0.4 is 10.6 Å². The molecule has 0 saturated heterocycles. The van der Waals surface area contributed by atoms with Gasteiger partial charge in [0.2, 0.25) is 0 Å². The summed E-state index contributed by atoms with van der Waals surface area (Å²) in [7, 11) is 0. The number of carbonyl (C=O) groups excluding carboxylic acids is 1. The Hall–Kier alpha value is -1.03. The molecule has 86 valence electrons. The lowest BCUT2D eigenvalue weighted by Gasteiger charge is -2.06. The number of carbonyl (C=O) groups is 1. The van der Waals surface area contributed by atoms with Gasteiger partial charge in [0.15, 0.2) is 0 Å². The summed E-state index contributed by atoms with van der Waals surface area (Å²) in [6, 6.07) is 8.53. The molecule has 0 aliphatic heterocycles. The van der Waals surface area contributed by atoms with Crippen molar-refractivity contribution in [2.45, 2.75) is 25.3 Å². The van der Waals surface area contributed by atoms with Gasteiger partial charge >= 0.3 is 6.03 Å². The first-order chi connectivity index (χ1) is 7.74. The highest BCUT2D eigenvalue weighted by Crippen LogP contribution is 2.18. The van der Waals surface area contributed by atoms with Crippen LogP contribution in [0.4, 0.5) is 4.79 Å². The van der Waals surface area contributed by atoms with Crippen LogP contribution in [0.15, 0.2) is 28.7 Å². The quantitative estimate of drug-likeness (QED) is 0.875. The smallest absolute Gasteiger partial charge is 0.315 e. The topological polar surface area (TPSA) is 41.1 Å². The minimum absolute atomic E-state index is 0.0420. The molecule has 0 unspecified atom stereocenters. The molecule has 2 rings (SSSR count). The van der Waals surface area contributed by atoms with Crippen LogP contribution in [0, 0.1) is 0 Å². The largest absolute Gasteiger partial charge is 0.338 e. The lowest BCUT2D eigenvalue weighted by Crippen LogP contribution is -2.37. The summed E-state index contributed by atoms with van der Waals surface area (Å²) in [5.41, 5.74) is 1.23. The molecule has 4 heteroatoms. The predicted octanol–water partition coefficient (Wildman–Crippen LogP) is 2.45. The minimum Gasteiger partial charge on any atom is -0.338 e. The number of amides is 2. The fourth-order valence-electron chi connectivity index (χ4n) is 1.44. The molecule has 0 atom stereocenters. The van der Waals surface area contributed by atoms with E-state index in [1.807, 2.05) is 12.1 Å². The first-order valence-electron chi connectivity index (χ1n) is 5.53. The molecule has 1 fully saturated rings. The monoisotopic (exact) mass is 282 g/mol. The second kappa shape index (κ2) is 5.34. The van der Waals surface area contributed by atoms with E-state index in [2.05, 4.69) is 38.7 Å². The lowest BCUT2D eigenvalue weighted by molar-refractivity contribution is 0.240. The van der Waals surface area contributed by atoms with E-state index in [9.17, 15) is 4.79 Å². The average Bonchev–Trinajstić information content (AvgIpc) is 3.05. The number of halogens is 1. The van der Waals surface area contributed by atoms with E-state index in [-0.39, 0.29) is 6.03 Å². The Morgan fingerprint density at radius 3 is 2.62 bits per heavy atom. The molecule has 0 bridgehead atoms. The maximum Gasteiger partial charge on any atom is 0.315 e. The molecule has 1 aromatic carbocycles. The highest BCUT2D eigenvalue weighted by Gasteiger charge is 2.22. The molecule has 16 heavy (non-hydrogen) atoms. The van der Waals surface area contributed by atoms with Crippen molar-refractivity contribution in [2.24, 2.45) is 0 Å². The third-order valence-electron chi connectivity index (χ3n) is 2.53. The Kier molecular flexibility index (Phi) is 3.83. The summed E-state index contributed by atoms with van der Waals surface area (Å²) in [6.45, 7) is 0.681. The van der Waals surface area contributed by atoms with Gasteiger partial charge in [-0.3, -0.25) is 0 Å². The lowest BCUT2D eigenvalue weighted by atomic mass is 10.1. The standard InChI is InChI=1S/C12H15BrN2O/c13-10-3-1-9(2-4-10)7-8-14-12(16)15-11-5-6-11/h1-4,11H,5-8H2,(H2,14,15,16). The molecule has 0 aromatic heterocycles. The summed E-state index contributed by atoms with van der Waals surface area (Å²) in [4.78, 5) is 11.3. The Balaban J connectivity index is 1.66. The van der Waals surface area contributed by atoms with Gasteiger partial charge in [0.25, 0.3) is 0 Å². The van der Waals surface area contributed by atoms with Gasteiger partial charge in [-0.1, -0.05) is 28.1 Å². The third kappa shape index (κ3) is 3.85. The van der Waals surface area contributed by atoms with Crippen LogP contribution in [0.1, 0.15) is 18.4 Å². The molecule has 2 amide bonds. The van der Waals surface area contributed by atoms with Gasteiger partial charge in [-0.15, -0.1) is 0 Å². The van der Waals surface area contributed by atoms with Crippen LogP contribution in [0.5, 0.6) is 0 Å². The molecule has 0 spiro atoms. The zero-order valence-corrected chi connectivity index (χ0v) is 10.6. The molecule has 2 N–H and O–H groups in total. The average molecular weight is 283 g/mol. The summed E-state index contributed by atoms with van der Waals surface area (Å²) < 4.78 is 1.08. The van der Waals surface area contributed by atoms with Crippen molar-refractivity contribution in [1.82, 2.24) is 10.6 Å². The molecule has 3 nitrogen and oxygen atoms in total. The number of benzene rings is 1. The van der Waals surface area contributed by atoms with Crippen LogP contribution in [-0.2, 0) is 6.42 Å². The van der Waals surface area contributed by atoms with Crippen molar-refractivity contribution in [3.8, 4) is 0 Å².